The van der Waals surface area contributed by atoms with Crippen molar-refractivity contribution in [3.63, 3.8) is 0 Å². The first-order valence-electron chi connectivity index (χ1n) is 36.9. The zero-order chi connectivity index (χ0) is 67.1. The van der Waals surface area contributed by atoms with Crippen LogP contribution in [0.1, 0.15) is 242 Å². The summed E-state index contributed by atoms with van der Waals surface area (Å²) in [5, 5.41) is 8.52. The molecule has 9 fully saturated rings. The van der Waals surface area contributed by atoms with Crippen molar-refractivity contribution in [3.05, 3.63) is 60.2 Å². The maximum Gasteiger partial charge on any atom is 0.407 e. The number of amides is 2. The minimum Gasteiger partial charge on any atom is -0.444 e. The van der Waals surface area contributed by atoms with Crippen LogP contribution in [0.3, 0.4) is 0 Å². The molecule has 2 amide bonds. The number of hydrogen-bond acceptors (Lipinski definition) is 17. The van der Waals surface area contributed by atoms with Gasteiger partial charge in [0.05, 0.1) is 14.3 Å². The van der Waals surface area contributed by atoms with Gasteiger partial charge in [-0.05, 0) is 189 Å². The second kappa shape index (κ2) is 32.5. The van der Waals surface area contributed by atoms with E-state index in [1.165, 1.54) is 145 Å². The molecule has 0 bridgehead atoms. The van der Waals surface area contributed by atoms with Gasteiger partial charge in [-0.3, -0.25) is 13.2 Å². The summed E-state index contributed by atoms with van der Waals surface area (Å²) in [5.41, 5.74) is 9.23. The van der Waals surface area contributed by atoms with E-state index >= 15 is 0 Å². The first-order chi connectivity index (χ1) is 46.2. The lowest BCUT2D eigenvalue weighted by Crippen LogP contribution is -2.51. The minimum absolute atomic E-state index is 0. The Morgan fingerprint density at radius 3 is 1.21 bits per heavy atom. The summed E-state index contributed by atoms with van der Waals surface area (Å²) >= 11 is 11.8. The van der Waals surface area contributed by atoms with Gasteiger partial charge in [0.1, 0.15) is 11.2 Å². The number of thiol groups is 1. The number of nitrogens with one attached hydrogen (secondary N) is 2. The average Bonchev–Trinajstić information content (AvgIpc) is 1.72. The molecule has 6 aromatic rings. The zero-order valence-corrected chi connectivity index (χ0v) is 62.4. The quantitative estimate of drug-likeness (QED) is 0.0995. The third-order valence-electron chi connectivity index (χ3n) is 22.7. The molecule has 19 nitrogen and oxygen atoms in total. The molecule has 3 aliphatic heterocycles. The van der Waals surface area contributed by atoms with Crippen molar-refractivity contribution in [2.24, 2.45) is 22.0 Å². The lowest BCUT2D eigenvalue weighted by Gasteiger charge is -2.43. The van der Waals surface area contributed by atoms with E-state index in [0.29, 0.717) is 16.7 Å². The summed E-state index contributed by atoms with van der Waals surface area (Å²) in [6.45, 7) is 17.3. The van der Waals surface area contributed by atoms with Crippen LogP contribution in [0.2, 0.25) is 0 Å². The largest absolute Gasteiger partial charge is 0.444 e. The van der Waals surface area contributed by atoms with Gasteiger partial charge in [-0.2, -0.15) is 12.6 Å². The number of aromatic nitrogens is 9. The van der Waals surface area contributed by atoms with Gasteiger partial charge >= 0.3 is 12.2 Å². The summed E-state index contributed by atoms with van der Waals surface area (Å²) in [4.78, 5) is 62.6. The third-order valence-corrected chi connectivity index (χ3v) is 26.4. The van der Waals surface area contributed by atoms with Crippen molar-refractivity contribution >= 4 is 99.1 Å². The first-order valence-corrected chi connectivity index (χ1v) is 39.9. The van der Waals surface area contributed by atoms with Crippen molar-refractivity contribution in [1.82, 2.24) is 53.7 Å². The van der Waals surface area contributed by atoms with Gasteiger partial charge in [-0.1, -0.05) is 84.5 Å². The summed E-state index contributed by atoms with van der Waals surface area (Å²) in [5.74, 6) is 2.97. The number of imidazole rings is 3. The minimum atomic E-state index is -0.470. The van der Waals surface area contributed by atoms with Crippen molar-refractivity contribution in [1.29, 1.82) is 0 Å². The van der Waals surface area contributed by atoms with Crippen LogP contribution in [0.15, 0.2) is 70.0 Å². The van der Waals surface area contributed by atoms with E-state index in [-0.39, 0.29) is 42.5 Å². The SMILES string of the molecule is C.CC(C)(C)OC(=O)N[C@@H]1CCCC12CCN(c1ncc(Br)c3nccn13)CC2.CC(C)(C)OC(=O)N[C@@H]1CCCC12CCN(c1ncc(SC3CCCCC3)c3nccn13)CC2.N[C@@H]1CCCC12CCN(c1ncc(SC3CCCCC3)c3nccn13)CC2.SC1CCCCC1. The number of piperidine rings is 3. The maximum atomic E-state index is 12.5. The highest BCUT2D eigenvalue weighted by Crippen LogP contribution is 2.50. The number of thioether (sulfide) groups is 2. The number of carbonyl (C=O) groups excluding carboxylic acids is 2. The van der Waals surface area contributed by atoms with Gasteiger partial charge in [0.25, 0.3) is 0 Å². The normalized spacial score (nSPS) is 23.7. The number of halogens is 1. The molecule has 3 atom stereocenters. The van der Waals surface area contributed by atoms with Crippen LogP contribution >= 0.6 is 52.1 Å². The average molecular weight is 1450 g/mol. The number of carbonyl (C=O) groups is 2. The highest BCUT2D eigenvalue weighted by atomic mass is 79.9. The fourth-order valence-corrected chi connectivity index (χ4v) is 20.7. The molecule has 0 aromatic carbocycles. The number of rotatable bonds is 9. The number of anilines is 3. The van der Waals surface area contributed by atoms with Crippen LogP contribution in [0.25, 0.3) is 16.9 Å². The fourth-order valence-electron chi connectivity index (χ4n) is 17.4. The Labute approximate surface area is 600 Å². The Morgan fingerprint density at radius 1 is 0.485 bits per heavy atom. The van der Waals surface area contributed by atoms with Crippen LogP contribution in [0.4, 0.5) is 27.4 Å². The standard InChI is InChI=1S/C26H39N5O2S.C21H31N5S.C20H28BrN5O2.C6H12S.CH4/c1-25(2,3)33-24(32)29-21-10-7-11-26(21)12-15-30(16-13-26)23-28-18-20(22-27-14-17-31(22)23)34-19-8-5-4-6-9-19;22-18-7-4-8-21(18)9-12-25(13-10-21)20-24-15-17(19-23-11-14-26(19)20)27-16-5-2-1-3-6-16;1-19(2,3)28-18(27)24-15-5-4-6-20(15)7-10-25(11-8-20)17-23-13-14(21)16-22-9-12-26(16)17;7-6-4-2-1-3-5-6;/h14,17-19,21H,4-13,15-16H2,1-3H3,(H,29,32);11,14-16,18H,1-10,12-13,22H2;9,12-13,15H,4-8,10-11H2,1-3H3,(H,24,27);6-7H,1-5H2;1H4/t21-;18-;15-;;/m111../s1. The van der Waals surface area contributed by atoms with Gasteiger partial charge in [-0.15, -0.1) is 23.5 Å². The van der Waals surface area contributed by atoms with Gasteiger partial charge in [0.15, 0.2) is 16.9 Å². The van der Waals surface area contributed by atoms with Gasteiger partial charge < -0.3 is 40.5 Å². The summed E-state index contributed by atoms with van der Waals surface area (Å²) in [7, 11) is 0. The molecule has 97 heavy (non-hydrogen) atoms. The molecule has 3 saturated heterocycles. The van der Waals surface area contributed by atoms with Crippen LogP contribution in [-0.2, 0) is 9.47 Å². The molecule has 9 heterocycles. The van der Waals surface area contributed by atoms with Crippen molar-refractivity contribution in [3.8, 4) is 0 Å². The molecule has 6 aromatic heterocycles. The monoisotopic (exact) mass is 1450 g/mol. The Balaban J connectivity index is 0.000000140. The Kier molecular flexibility index (Phi) is 24.6. The number of alkyl carbamates (subject to hydrolysis) is 2. The molecule has 6 saturated carbocycles. The molecule has 9 aliphatic rings. The Morgan fingerprint density at radius 2 is 0.835 bits per heavy atom. The number of nitrogens with zero attached hydrogens (tertiary/aromatic N) is 12. The smallest absolute Gasteiger partial charge is 0.407 e. The molecule has 6 aliphatic carbocycles. The molecular weight excluding hydrogens is 1340 g/mol. The van der Waals surface area contributed by atoms with E-state index in [9.17, 15) is 9.59 Å². The highest BCUT2D eigenvalue weighted by molar-refractivity contribution is 9.10. The van der Waals surface area contributed by atoms with E-state index in [0.717, 1.165) is 147 Å². The Hall–Kier alpha value is -4.71. The van der Waals surface area contributed by atoms with Crippen molar-refractivity contribution in [2.45, 2.75) is 296 Å². The second-order valence-corrected chi connectivity index (χ2v) is 35.7. The fraction of sp³-hybridized carbons (Fsp3) is 0.730. The van der Waals surface area contributed by atoms with Crippen LogP contribution < -0.4 is 31.1 Å². The van der Waals surface area contributed by atoms with E-state index in [4.69, 9.17) is 30.2 Å². The molecule has 3 spiro atoms. The third kappa shape index (κ3) is 18.0. The lowest BCUT2D eigenvalue weighted by molar-refractivity contribution is 0.0431. The van der Waals surface area contributed by atoms with Crippen molar-refractivity contribution in [2.75, 3.05) is 54.0 Å². The maximum absolute atomic E-state index is 12.5. The van der Waals surface area contributed by atoms with Gasteiger partial charge in [0, 0.05) is 129 Å². The van der Waals surface area contributed by atoms with E-state index in [2.05, 4.69) is 96.2 Å². The first kappa shape index (κ1) is 73.5. The molecule has 0 radical (unpaired) electrons. The Bertz CT molecular complexity index is 3510. The van der Waals surface area contributed by atoms with Crippen molar-refractivity contribution < 1.29 is 19.1 Å². The molecule has 534 valence electrons. The molecule has 0 unspecified atom stereocenters. The number of hydrogen-bond donors (Lipinski definition) is 4. The summed E-state index contributed by atoms with van der Waals surface area (Å²) < 4.78 is 18.3. The van der Waals surface area contributed by atoms with E-state index in [1.807, 2.05) is 100 Å². The molecule has 23 heteroatoms. The van der Waals surface area contributed by atoms with Crippen LogP contribution in [-0.4, -0.2) is 140 Å². The topological polar surface area (TPSA) is 203 Å². The predicted octanol–water partition coefficient (Wildman–Crippen LogP) is 17.1. The number of fused-ring (bicyclic) bond motifs is 3. The van der Waals surface area contributed by atoms with E-state index in [1.54, 1.807) is 6.20 Å². The van der Waals surface area contributed by atoms with Crippen LogP contribution in [0, 0.1) is 16.2 Å². The molecular formula is C74H114BrN15O4S3. The predicted molar refractivity (Wildman–Crippen MR) is 402 cm³/mol. The van der Waals surface area contributed by atoms with Gasteiger partial charge in [-0.25, -0.2) is 39.5 Å². The summed E-state index contributed by atoms with van der Waals surface area (Å²) in [6.07, 6.45) is 54.6. The van der Waals surface area contributed by atoms with Gasteiger partial charge in [0.2, 0.25) is 17.8 Å². The summed E-state index contributed by atoms with van der Waals surface area (Å²) in [6, 6.07) is 0.783. The lowest BCUT2D eigenvalue weighted by atomic mass is 9.74. The second-order valence-electron chi connectivity index (χ2n) is 31.4. The zero-order valence-electron chi connectivity index (χ0n) is 58.3. The molecule has 4 N–H and O–H groups in total. The van der Waals surface area contributed by atoms with E-state index < -0.39 is 11.2 Å². The van der Waals surface area contributed by atoms with Crippen LogP contribution in [0.5, 0.6) is 0 Å². The highest BCUT2D eigenvalue weighted by Gasteiger charge is 2.48. The number of ether oxygens (including phenoxy) is 2. The number of nitrogens with two attached hydrogens (primary N) is 1. The molecule has 15 rings (SSSR count).